The van der Waals surface area contributed by atoms with Crippen LogP contribution in [0.3, 0.4) is 0 Å². The molecule has 0 aliphatic carbocycles. The standard InChI is InChI=1S/C17H20N6O2S2/c1-4-23-14(10-25-13-8-6-5-7-9-13)20-22-17(23)26-11(2)15(24)18-16-21-19-12(3)27-16/h5-9,11H,4,10H2,1-3H3,(H,18,21,24)/t11-/m1/s1. The highest BCUT2D eigenvalue weighted by atomic mass is 32.2. The minimum absolute atomic E-state index is 0.149. The van der Waals surface area contributed by atoms with Gasteiger partial charge < -0.3 is 9.30 Å². The minimum atomic E-state index is -0.355. The fraction of sp³-hybridized carbons (Fsp3) is 0.353. The van der Waals surface area contributed by atoms with E-state index in [1.54, 1.807) is 0 Å². The van der Waals surface area contributed by atoms with Crippen LogP contribution in [0.15, 0.2) is 35.5 Å². The number of carbonyl (C=O) groups excluding carboxylic acids is 1. The first-order chi connectivity index (χ1) is 13.1. The SMILES string of the molecule is CCn1c(COc2ccccc2)nnc1S[C@H](C)C(=O)Nc1nnc(C)s1. The molecule has 0 fully saturated rings. The molecular formula is C17H20N6O2S2. The average Bonchev–Trinajstić information content (AvgIpc) is 3.26. The third kappa shape index (κ3) is 5.04. The lowest BCUT2D eigenvalue weighted by atomic mass is 10.3. The molecule has 1 amide bonds. The van der Waals surface area contributed by atoms with E-state index < -0.39 is 0 Å². The number of anilines is 1. The molecule has 10 heteroatoms. The summed E-state index contributed by atoms with van der Waals surface area (Å²) in [7, 11) is 0. The van der Waals surface area contributed by atoms with Crippen molar-refractivity contribution in [1.29, 1.82) is 0 Å². The topological polar surface area (TPSA) is 94.8 Å². The lowest BCUT2D eigenvalue weighted by Gasteiger charge is -2.12. The quantitative estimate of drug-likeness (QED) is 0.576. The number of hydrogen-bond donors (Lipinski definition) is 1. The van der Waals surface area contributed by atoms with E-state index in [0.29, 0.717) is 23.4 Å². The molecule has 27 heavy (non-hydrogen) atoms. The first-order valence-corrected chi connectivity index (χ1v) is 10.1. The number of para-hydroxylation sites is 1. The van der Waals surface area contributed by atoms with Crippen LogP contribution in [0.25, 0.3) is 0 Å². The Balaban J connectivity index is 1.62. The zero-order chi connectivity index (χ0) is 19.2. The molecule has 8 nitrogen and oxygen atoms in total. The van der Waals surface area contributed by atoms with Gasteiger partial charge in [0.2, 0.25) is 11.0 Å². The average molecular weight is 405 g/mol. The summed E-state index contributed by atoms with van der Waals surface area (Å²) in [6.45, 7) is 6.67. The molecule has 1 N–H and O–H groups in total. The highest BCUT2D eigenvalue weighted by molar-refractivity contribution is 8.00. The molecule has 2 aromatic heterocycles. The Labute approximate surface area is 165 Å². The predicted octanol–water partition coefficient (Wildman–Crippen LogP) is 3.16. The van der Waals surface area contributed by atoms with Crippen molar-refractivity contribution in [1.82, 2.24) is 25.0 Å². The van der Waals surface area contributed by atoms with E-state index in [2.05, 4.69) is 25.7 Å². The van der Waals surface area contributed by atoms with Gasteiger partial charge in [-0.25, -0.2) is 0 Å². The van der Waals surface area contributed by atoms with Crippen molar-refractivity contribution in [2.24, 2.45) is 0 Å². The van der Waals surface area contributed by atoms with E-state index >= 15 is 0 Å². The first-order valence-electron chi connectivity index (χ1n) is 8.44. The predicted molar refractivity (Wildman–Crippen MR) is 105 cm³/mol. The third-order valence-electron chi connectivity index (χ3n) is 3.63. The van der Waals surface area contributed by atoms with Crippen molar-refractivity contribution in [3.63, 3.8) is 0 Å². The molecule has 0 saturated carbocycles. The Bertz CT molecular complexity index is 896. The molecule has 0 spiro atoms. The number of rotatable bonds is 8. The number of ether oxygens (including phenoxy) is 1. The van der Waals surface area contributed by atoms with Crippen molar-refractivity contribution in [3.8, 4) is 5.75 Å². The van der Waals surface area contributed by atoms with Crippen molar-refractivity contribution < 1.29 is 9.53 Å². The van der Waals surface area contributed by atoms with Crippen LogP contribution in [-0.2, 0) is 17.9 Å². The van der Waals surface area contributed by atoms with E-state index in [1.807, 2.05) is 55.7 Å². The number of hydrogen-bond acceptors (Lipinski definition) is 8. The van der Waals surface area contributed by atoms with Crippen molar-refractivity contribution in [3.05, 3.63) is 41.2 Å². The van der Waals surface area contributed by atoms with Crippen LogP contribution in [0.2, 0.25) is 0 Å². The summed E-state index contributed by atoms with van der Waals surface area (Å²) in [5, 5.41) is 20.7. The van der Waals surface area contributed by atoms with E-state index in [1.165, 1.54) is 23.1 Å². The molecule has 0 unspecified atom stereocenters. The number of benzene rings is 1. The van der Waals surface area contributed by atoms with E-state index in [4.69, 9.17) is 4.74 Å². The zero-order valence-corrected chi connectivity index (χ0v) is 16.9. The molecule has 1 atom stereocenters. The van der Waals surface area contributed by atoms with Crippen LogP contribution in [0.5, 0.6) is 5.75 Å². The summed E-state index contributed by atoms with van der Waals surface area (Å²) >= 11 is 2.69. The summed E-state index contributed by atoms with van der Waals surface area (Å²) in [5.74, 6) is 1.34. The number of nitrogens with one attached hydrogen (secondary N) is 1. The molecule has 3 rings (SSSR count). The molecule has 0 radical (unpaired) electrons. The van der Waals surface area contributed by atoms with Gasteiger partial charge in [-0.15, -0.1) is 20.4 Å². The van der Waals surface area contributed by atoms with Crippen LogP contribution in [-0.4, -0.2) is 36.1 Å². The van der Waals surface area contributed by atoms with Gasteiger partial charge >= 0.3 is 0 Å². The second-order valence-corrected chi connectivity index (χ2v) is 8.11. The monoisotopic (exact) mass is 404 g/mol. The molecular weight excluding hydrogens is 384 g/mol. The van der Waals surface area contributed by atoms with Gasteiger partial charge in [0.1, 0.15) is 17.4 Å². The summed E-state index contributed by atoms with van der Waals surface area (Å²) < 4.78 is 7.71. The normalized spacial score (nSPS) is 12.0. The fourth-order valence-electron chi connectivity index (χ4n) is 2.26. The lowest BCUT2D eigenvalue weighted by molar-refractivity contribution is -0.115. The molecule has 3 aromatic rings. The molecule has 0 aliphatic rings. The fourth-order valence-corrected chi connectivity index (χ4v) is 3.79. The highest BCUT2D eigenvalue weighted by Gasteiger charge is 2.21. The van der Waals surface area contributed by atoms with Gasteiger partial charge in [0.05, 0.1) is 5.25 Å². The van der Waals surface area contributed by atoms with Crippen molar-refractivity contribution in [2.75, 3.05) is 5.32 Å². The maximum absolute atomic E-state index is 12.4. The molecule has 2 heterocycles. The van der Waals surface area contributed by atoms with Gasteiger partial charge in [0.25, 0.3) is 0 Å². The number of thioether (sulfide) groups is 1. The van der Waals surface area contributed by atoms with Crippen LogP contribution in [0.1, 0.15) is 24.7 Å². The number of aromatic nitrogens is 5. The minimum Gasteiger partial charge on any atom is -0.486 e. The summed E-state index contributed by atoms with van der Waals surface area (Å²) in [5.41, 5.74) is 0. The van der Waals surface area contributed by atoms with Gasteiger partial charge in [-0.05, 0) is 32.9 Å². The maximum Gasteiger partial charge on any atom is 0.239 e. The number of aryl methyl sites for hydroxylation is 1. The van der Waals surface area contributed by atoms with Gasteiger partial charge in [-0.3, -0.25) is 10.1 Å². The van der Waals surface area contributed by atoms with E-state index in [-0.39, 0.29) is 11.2 Å². The van der Waals surface area contributed by atoms with Gasteiger partial charge in [-0.1, -0.05) is 41.3 Å². The summed E-state index contributed by atoms with van der Waals surface area (Å²) in [6, 6.07) is 9.56. The molecule has 1 aromatic carbocycles. The Morgan fingerprint density at radius 3 is 2.70 bits per heavy atom. The smallest absolute Gasteiger partial charge is 0.239 e. The number of nitrogens with zero attached hydrogens (tertiary/aromatic N) is 5. The van der Waals surface area contributed by atoms with Crippen LogP contribution in [0, 0.1) is 6.92 Å². The van der Waals surface area contributed by atoms with Crippen LogP contribution >= 0.6 is 23.1 Å². The second-order valence-electron chi connectivity index (χ2n) is 5.62. The molecule has 0 saturated heterocycles. The summed E-state index contributed by atoms with van der Waals surface area (Å²) in [4.78, 5) is 12.4. The number of carbonyl (C=O) groups is 1. The van der Waals surface area contributed by atoms with Gasteiger partial charge in [-0.2, -0.15) is 0 Å². The lowest BCUT2D eigenvalue weighted by Crippen LogP contribution is -2.23. The third-order valence-corrected chi connectivity index (χ3v) is 5.46. The van der Waals surface area contributed by atoms with E-state index in [9.17, 15) is 4.79 Å². The van der Waals surface area contributed by atoms with E-state index in [0.717, 1.165) is 16.6 Å². The van der Waals surface area contributed by atoms with Crippen LogP contribution < -0.4 is 10.1 Å². The Kier molecular flexibility index (Phi) is 6.40. The van der Waals surface area contributed by atoms with Crippen LogP contribution in [0.4, 0.5) is 5.13 Å². The highest BCUT2D eigenvalue weighted by Crippen LogP contribution is 2.24. The van der Waals surface area contributed by atoms with Gasteiger partial charge in [0.15, 0.2) is 11.0 Å². The maximum atomic E-state index is 12.4. The summed E-state index contributed by atoms with van der Waals surface area (Å²) in [6.07, 6.45) is 0. The Morgan fingerprint density at radius 2 is 2.04 bits per heavy atom. The Morgan fingerprint density at radius 1 is 1.26 bits per heavy atom. The largest absolute Gasteiger partial charge is 0.486 e. The second kappa shape index (κ2) is 8.96. The molecule has 0 bridgehead atoms. The molecule has 142 valence electrons. The Hall–Kier alpha value is -2.46. The first kappa shape index (κ1) is 19.3. The van der Waals surface area contributed by atoms with Gasteiger partial charge in [0, 0.05) is 6.54 Å². The molecule has 0 aliphatic heterocycles. The van der Waals surface area contributed by atoms with Crippen molar-refractivity contribution >= 4 is 34.1 Å². The van der Waals surface area contributed by atoms with Crippen molar-refractivity contribution in [2.45, 2.75) is 44.3 Å². The zero-order valence-electron chi connectivity index (χ0n) is 15.2. The number of amides is 1.